The zero-order valence-corrected chi connectivity index (χ0v) is 20.5. The molecule has 1 saturated heterocycles. The number of hydrogen-bond acceptors (Lipinski definition) is 9. The van der Waals surface area contributed by atoms with E-state index in [1.807, 2.05) is 0 Å². The third kappa shape index (κ3) is 3.93. The number of rotatable bonds is 5. The molecule has 3 aromatic rings. The third-order valence-corrected chi connectivity index (χ3v) is 8.01. The zero-order chi connectivity index (χ0) is 24.7. The third-order valence-electron chi connectivity index (χ3n) is 8.01. The Bertz CT molecular complexity index is 1350. The highest BCUT2D eigenvalue weighted by Crippen LogP contribution is 2.47. The molecule has 3 aromatic heterocycles. The molecule has 2 aliphatic carbocycles. The lowest BCUT2D eigenvalue weighted by Crippen LogP contribution is -2.41. The summed E-state index contributed by atoms with van der Waals surface area (Å²) in [5, 5.41) is 4.38. The highest BCUT2D eigenvalue weighted by atomic mass is 16.5. The summed E-state index contributed by atoms with van der Waals surface area (Å²) in [7, 11) is 2.10. The van der Waals surface area contributed by atoms with Crippen LogP contribution in [0.1, 0.15) is 62.7 Å². The van der Waals surface area contributed by atoms with Crippen molar-refractivity contribution in [2.75, 3.05) is 20.2 Å². The summed E-state index contributed by atoms with van der Waals surface area (Å²) in [6.45, 7) is 1.54. The van der Waals surface area contributed by atoms with Gasteiger partial charge in [0.15, 0.2) is 17.3 Å². The molecule has 0 N–H and O–H groups in total. The van der Waals surface area contributed by atoms with Gasteiger partial charge in [-0.05, 0) is 58.5 Å². The van der Waals surface area contributed by atoms with Gasteiger partial charge in [-0.3, -0.25) is 19.1 Å². The number of Topliss-reactive ketones (excluding diaryl/α,β-unsaturated/α-hetero) is 1. The van der Waals surface area contributed by atoms with Crippen molar-refractivity contribution in [2.45, 2.75) is 69.2 Å². The molecule has 1 spiro atoms. The van der Waals surface area contributed by atoms with E-state index in [9.17, 15) is 9.59 Å². The van der Waals surface area contributed by atoms with Crippen LogP contribution in [0.25, 0.3) is 17.3 Å². The standard InChI is InChI=1S/C26H30N6O4/c1-31-12-5-6-17(31)16-35-21-14-20(32-13-11-27-15-22(32)34)28-25(29-21)23-18-7-4-10-26(24(18)36-30-23)9-3-2-8-19(26)33/h11,13-15,17H,2-10,12,16H2,1H3/t17-,26+/m0/s1. The van der Waals surface area contributed by atoms with Crippen LogP contribution in [0.2, 0.25) is 0 Å². The molecule has 10 heteroatoms. The minimum atomic E-state index is -0.580. The SMILES string of the molecule is CN1CCC[C@H]1COc1cc(-n2ccncc2=O)nc(-c2noc3c2CCC[C@@]32CCCCC2=O)n1. The molecular formula is C26H30N6O4. The van der Waals surface area contributed by atoms with Crippen LogP contribution in [0.4, 0.5) is 0 Å². The van der Waals surface area contributed by atoms with Crippen molar-refractivity contribution < 1.29 is 14.1 Å². The van der Waals surface area contributed by atoms with Crippen LogP contribution >= 0.6 is 0 Å². The first-order valence-electron chi connectivity index (χ1n) is 12.8. The van der Waals surface area contributed by atoms with Crippen LogP contribution in [0.15, 0.2) is 34.0 Å². The molecule has 188 valence electrons. The van der Waals surface area contributed by atoms with Crippen LogP contribution < -0.4 is 10.3 Å². The minimum Gasteiger partial charge on any atom is -0.476 e. The van der Waals surface area contributed by atoms with Gasteiger partial charge in [-0.1, -0.05) is 11.6 Å². The lowest BCUT2D eigenvalue weighted by atomic mass is 9.64. The summed E-state index contributed by atoms with van der Waals surface area (Å²) < 4.78 is 13.4. The summed E-state index contributed by atoms with van der Waals surface area (Å²) in [6, 6.07) is 1.98. The molecule has 0 bridgehead atoms. The molecule has 3 aliphatic rings. The monoisotopic (exact) mass is 490 g/mol. The van der Waals surface area contributed by atoms with Crippen molar-refractivity contribution in [1.82, 2.24) is 29.6 Å². The van der Waals surface area contributed by atoms with E-state index in [2.05, 4.69) is 32.1 Å². The molecule has 36 heavy (non-hydrogen) atoms. The predicted molar refractivity (Wildman–Crippen MR) is 130 cm³/mol. The normalized spacial score (nSPS) is 24.2. The number of likely N-dealkylation sites (N-methyl/N-ethyl adjacent to an activating group) is 1. The number of hydrogen-bond donors (Lipinski definition) is 0. The van der Waals surface area contributed by atoms with Gasteiger partial charge in [0.05, 0.1) is 11.6 Å². The van der Waals surface area contributed by atoms with E-state index < -0.39 is 5.41 Å². The van der Waals surface area contributed by atoms with Crippen LogP contribution in [-0.4, -0.2) is 61.6 Å². The van der Waals surface area contributed by atoms with Gasteiger partial charge in [0.25, 0.3) is 5.56 Å². The van der Waals surface area contributed by atoms with E-state index in [-0.39, 0.29) is 11.3 Å². The van der Waals surface area contributed by atoms with Crippen LogP contribution in [0.3, 0.4) is 0 Å². The molecule has 0 amide bonds. The number of fused-ring (bicyclic) bond motifs is 2. The van der Waals surface area contributed by atoms with Crippen molar-refractivity contribution in [3.63, 3.8) is 0 Å². The summed E-state index contributed by atoms with van der Waals surface area (Å²) >= 11 is 0. The van der Waals surface area contributed by atoms with Crippen molar-refractivity contribution in [3.8, 4) is 23.2 Å². The predicted octanol–water partition coefficient (Wildman–Crippen LogP) is 2.87. The maximum Gasteiger partial charge on any atom is 0.274 e. The first kappa shape index (κ1) is 23.0. The Labute approximate surface area is 208 Å². The fourth-order valence-corrected chi connectivity index (χ4v) is 5.99. The first-order chi connectivity index (χ1) is 17.5. The quantitative estimate of drug-likeness (QED) is 0.532. The number of carbonyl (C=O) groups is 1. The minimum absolute atomic E-state index is 0.250. The van der Waals surface area contributed by atoms with E-state index >= 15 is 0 Å². The number of ketones is 1. The Morgan fingerprint density at radius 2 is 2.03 bits per heavy atom. The molecule has 6 rings (SSSR count). The summed E-state index contributed by atoms with van der Waals surface area (Å²) in [6.07, 6.45) is 12.3. The van der Waals surface area contributed by atoms with Gasteiger partial charge >= 0.3 is 0 Å². The number of carbonyl (C=O) groups excluding carboxylic acids is 1. The topological polar surface area (TPSA) is 116 Å². The summed E-state index contributed by atoms with van der Waals surface area (Å²) in [5.41, 5.74) is 0.535. The van der Waals surface area contributed by atoms with Gasteiger partial charge in [-0.25, -0.2) is 4.98 Å². The molecule has 0 unspecified atom stereocenters. The van der Waals surface area contributed by atoms with Crippen LogP contribution in [-0.2, 0) is 16.6 Å². The zero-order valence-electron chi connectivity index (χ0n) is 20.5. The fraction of sp³-hybridized carbons (Fsp3) is 0.538. The molecule has 2 fully saturated rings. The molecule has 0 radical (unpaired) electrons. The Hall–Kier alpha value is -3.40. The van der Waals surface area contributed by atoms with E-state index in [1.165, 1.54) is 17.0 Å². The number of ether oxygens (including phenoxy) is 1. The molecule has 1 saturated carbocycles. The maximum absolute atomic E-state index is 13.1. The average Bonchev–Trinajstić information content (AvgIpc) is 3.51. The Morgan fingerprint density at radius 1 is 1.14 bits per heavy atom. The van der Waals surface area contributed by atoms with Crippen molar-refractivity contribution in [1.29, 1.82) is 0 Å². The Kier molecular flexibility index (Phi) is 5.91. The molecule has 4 heterocycles. The van der Waals surface area contributed by atoms with Gasteiger partial charge in [-0.2, -0.15) is 4.98 Å². The number of nitrogens with zero attached hydrogens (tertiary/aromatic N) is 6. The van der Waals surface area contributed by atoms with Crippen molar-refractivity contribution >= 4 is 5.78 Å². The van der Waals surface area contributed by atoms with Crippen LogP contribution in [0, 0.1) is 0 Å². The largest absolute Gasteiger partial charge is 0.476 e. The van der Waals surface area contributed by atoms with E-state index in [0.717, 1.165) is 63.5 Å². The van der Waals surface area contributed by atoms with Gasteiger partial charge in [0, 0.05) is 36.5 Å². The smallest absolute Gasteiger partial charge is 0.274 e. The molecule has 0 aromatic carbocycles. The van der Waals surface area contributed by atoms with E-state index in [0.29, 0.717) is 48.0 Å². The first-order valence-corrected chi connectivity index (χ1v) is 12.8. The molecule has 1 aliphatic heterocycles. The summed E-state index contributed by atoms with van der Waals surface area (Å²) in [4.78, 5) is 41.2. The Morgan fingerprint density at radius 3 is 2.83 bits per heavy atom. The van der Waals surface area contributed by atoms with E-state index in [4.69, 9.17) is 9.26 Å². The van der Waals surface area contributed by atoms with Gasteiger partial charge in [-0.15, -0.1) is 0 Å². The lowest BCUT2D eigenvalue weighted by Gasteiger charge is -2.36. The lowest BCUT2D eigenvalue weighted by molar-refractivity contribution is -0.128. The van der Waals surface area contributed by atoms with Gasteiger partial charge in [0.1, 0.15) is 18.2 Å². The maximum atomic E-state index is 13.1. The number of aromatic nitrogens is 5. The second kappa shape index (κ2) is 9.24. The van der Waals surface area contributed by atoms with Gasteiger partial charge < -0.3 is 14.2 Å². The second-order valence-corrected chi connectivity index (χ2v) is 10.2. The highest BCUT2D eigenvalue weighted by molar-refractivity contribution is 5.91. The average molecular weight is 491 g/mol. The van der Waals surface area contributed by atoms with E-state index in [1.54, 1.807) is 12.3 Å². The van der Waals surface area contributed by atoms with Crippen LogP contribution in [0.5, 0.6) is 5.88 Å². The highest BCUT2D eigenvalue weighted by Gasteiger charge is 2.48. The van der Waals surface area contributed by atoms with Gasteiger partial charge in [0.2, 0.25) is 5.88 Å². The van der Waals surface area contributed by atoms with Crippen molar-refractivity contribution in [3.05, 3.63) is 46.3 Å². The molecular weight excluding hydrogens is 460 g/mol. The number of likely N-dealkylation sites (tertiary alicyclic amines) is 1. The molecule has 2 atom stereocenters. The molecule has 10 nitrogen and oxygen atoms in total. The second-order valence-electron chi connectivity index (χ2n) is 10.2. The van der Waals surface area contributed by atoms with Crippen molar-refractivity contribution in [2.24, 2.45) is 0 Å². The Balaban J connectivity index is 1.42. The summed E-state index contributed by atoms with van der Waals surface area (Å²) in [5.74, 6) is 2.00. The fourth-order valence-electron chi connectivity index (χ4n) is 5.99.